The monoisotopic (exact) mass is 285 g/mol. The Labute approximate surface area is 124 Å². The summed E-state index contributed by atoms with van der Waals surface area (Å²) in [4.78, 5) is 11.0. The molecule has 20 heavy (non-hydrogen) atoms. The number of hydrogen-bond donors (Lipinski definition) is 0. The van der Waals surface area contributed by atoms with Crippen molar-refractivity contribution in [2.45, 2.75) is 24.4 Å². The predicted octanol–water partition coefficient (Wildman–Crippen LogP) is 3.59. The number of rotatable bonds is 2. The van der Waals surface area contributed by atoms with Gasteiger partial charge in [-0.15, -0.1) is 0 Å². The fourth-order valence-corrected chi connectivity index (χ4v) is 3.25. The molecule has 4 heteroatoms. The summed E-state index contributed by atoms with van der Waals surface area (Å²) in [5.74, 6) is 0. The largest absolute Gasteiger partial charge is 0.373 e. The van der Waals surface area contributed by atoms with Crippen LogP contribution in [-0.4, -0.2) is 29.8 Å². The summed E-state index contributed by atoms with van der Waals surface area (Å²) in [6.07, 6.45) is 5.79. The summed E-state index contributed by atoms with van der Waals surface area (Å²) >= 11 is 1.56. The van der Waals surface area contributed by atoms with Crippen LogP contribution in [0.2, 0.25) is 0 Å². The van der Waals surface area contributed by atoms with E-state index in [9.17, 15) is 0 Å². The van der Waals surface area contributed by atoms with Crippen LogP contribution in [0.15, 0.2) is 35.7 Å². The van der Waals surface area contributed by atoms with Crippen LogP contribution in [0.1, 0.15) is 19.4 Å². The van der Waals surface area contributed by atoms with Gasteiger partial charge in [0.2, 0.25) is 0 Å². The third kappa shape index (κ3) is 2.18. The second kappa shape index (κ2) is 4.77. The highest BCUT2D eigenvalue weighted by Gasteiger charge is 2.33. The molecule has 0 saturated heterocycles. The average molecular weight is 285 g/mol. The number of thioether (sulfide) groups is 1. The minimum Gasteiger partial charge on any atom is -0.373 e. The maximum atomic E-state index is 4.35. The standard InChI is InChI=1S/C16H19N3S/c1-16(2)10-19(3)14-7-11(5-6-13(14)16)12-8-17-15(20-4)18-9-12/h5-9H,10H2,1-4H3. The van der Waals surface area contributed by atoms with Gasteiger partial charge in [-0.1, -0.05) is 37.7 Å². The van der Waals surface area contributed by atoms with E-state index in [1.54, 1.807) is 11.8 Å². The van der Waals surface area contributed by atoms with Crippen molar-refractivity contribution in [1.29, 1.82) is 0 Å². The van der Waals surface area contributed by atoms with Crippen LogP contribution >= 0.6 is 11.8 Å². The van der Waals surface area contributed by atoms with Crippen LogP contribution < -0.4 is 4.90 Å². The first-order valence-electron chi connectivity index (χ1n) is 6.73. The summed E-state index contributed by atoms with van der Waals surface area (Å²) < 4.78 is 0. The molecule has 0 bridgehead atoms. The van der Waals surface area contributed by atoms with Crippen molar-refractivity contribution in [2.75, 3.05) is 24.7 Å². The van der Waals surface area contributed by atoms with Gasteiger partial charge in [-0.2, -0.15) is 0 Å². The number of hydrogen-bond acceptors (Lipinski definition) is 4. The van der Waals surface area contributed by atoms with Gasteiger partial charge in [0.25, 0.3) is 0 Å². The Balaban J connectivity index is 2.02. The van der Waals surface area contributed by atoms with Crippen LogP contribution in [0, 0.1) is 0 Å². The quantitative estimate of drug-likeness (QED) is 0.623. The molecule has 2 heterocycles. The summed E-state index contributed by atoms with van der Waals surface area (Å²) in [5, 5.41) is 0.813. The van der Waals surface area contributed by atoms with E-state index in [1.165, 1.54) is 16.8 Å². The number of aromatic nitrogens is 2. The smallest absolute Gasteiger partial charge is 0.187 e. The van der Waals surface area contributed by atoms with Crippen molar-refractivity contribution in [3.05, 3.63) is 36.2 Å². The van der Waals surface area contributed by atoms with E-state index in [1.807, 2.05) is 18.6 Å². The highest BCUT2D eigenvalue weighted by Crippen LogP contribution is 2.41. The van der Waals surface area contributed by atoms with Crippen molar-refractivity contribution in [1.82, 2.24) is 9.97 Å². The van der Waals surface area contributed by atoms with Crippen molar-refractivity contribution in [3.63, 3.8) is 0 Å². The number of benzene rings is 1. The minimum atomic E-state index is 0.224. The molecule has 104 valence electrons. The van der Waals surface area contributed by atoms with Crippen LogP contribution in [0.4, 0.5) is 5.69 Å². The lowest BCUT2D eigenvalue weighted by atomic mass is 9.86. The third-order valence-corrected chi connectivity index (χ3v) is 4.49. The van der Waals surface area contributed by atoms with E-state index in [-0.39, 0.29) is 5.41 Å². The molecule has 0 fully saturated rings. The Morgan fingerprint density at radius 3 is 2.50 bits per heavy atom. The highest BCUT2D eigenvalue weighted by molar-refractivity contribution is 7.98. The lowest BCUT2D eigenvalue weighted by molar-refractivity contribution is 0.563. The van der Waals surface area contributed by atoms with E-state index in [0.717, 1.165) is 17.3 Å². The second-order valence-corrected chi connectivity index (χ2v) is 6.70. The van der Waals surface area contributed by atoms with Crippen LogP contribution in [0.5, 0.6) is 0 Å². The van der Waals surface area contributed by atoms with Gasteiger partial charge >= 0.3 is 0 Å². The topological polar surface area (TPSA) is 29.0 Å². The van der Waals surface area contributed by atoms with Crippen molar-refractivity contribution >= 4 is 17.4 Å². The lowest BCUT2D eigenvalue weighted by Gasteiger charge is -2.18. The molecule has 3 nitrogen and oxygen atoms in total. The Morgan fingerprint density at radius 2 is 1.85 bits per heavy atom. The fraction of sp³-hybridized carbons (Fsp3) is 0.375. The maximum absolute atomic E-state index is 4.35. The number of anilines is 1. The molecular weight excluding hydrogens is 266 g/mol. The summed E-state index contributed by atoms with van der Waals surface area (Å²) in [6, 6.07) is 6.68. The van der Waals surface area contributed by atoms with Gasteiger partial charge in [0.05, 0.1) is 0 Å². The molecular formula is C16H19N3S. The third-order valence-electron chi connectivity index (χ3n) is 3.91. The second-order valence-electron chi connectivity index (χ2n) is 5.93. The fourth-order valence-electron chi connectivity index (χ4n) is 2.93. The van der Waals surface area contributed by atoms with Gasteiger partial charge in [0, 0.05) is 42.7 Å². The highest BCUT2D eigenvalue weighted by atomic mass is 32.2. The van der Waals surface area contributed by atoms with Gasteiger partial charge in [0.15, 0.2) is 5.16 Å². The zero-order chi connectivity index (χ0) is 14.3. The van der Waals surface area contributed by atoms with Gasteiger partial charge in [0.1, 0.15) is 0 Å². The molecule has 2 aromatic rings. The zero-order valence-corrected chi connectivity index (χ0v) is 13.2. The molecule has 0 unspecified atom stereocenters. The number of likely N-dealkylation sites (N-methyl/N-ethyl adjacent to an activating group) is 1. The van der Waals surface area contributed by atoms with E-state index in [4.69, 9.17) is 0 Å². The van der Waals surface area contributed by atoms with Crippen LogP contribution in [-0.2, 0) is 5.41 Å². The molecule has 0 spiro atoms. The Hall–Kier alpha value is -1.55. The first-order valence-corrected chi connectivity index (χ1v) is 7.96. The zero-order valence-electron chi connectivity index (χ0n) is 12.3. The van der Waals surface area contributed by atoms with Crippen LogP contribution in [0.25, 0.3) is 11.1 Å². The molecule has 0 radical (unpaired) electrons. The normalized spacial score (nSPS) is 16.3. The average Bonchev–Trinajstić information content (AvgIpc) is 2.68. The number of fused-ring (bicyclic) bond motifs is 1. The first-order chi connectivity index (χ1) is 9.51. The SMILES string of the molecule is CSc1ncc(-c2ccc3c(c2)N(C)CC3(C)C)cn1. The van der Waals surface area contributed by atoms with E-state index in [0.29, 0.717) is 0 Å². The van der Waals surface area contributed by atoms with E-state index < -0.39 is 0 Å². The van der Waals surface area contributed by atoms with Gasteiger partial charge < -0.3 is 4.90 Å². The van der Waals surface area contributed by atoms with Gasteiger partial charge in [-0.05, 0) is 23.4 Å². The molecule has 1 aromatic heterocycles. The molecule has 1 aromatic carbocycles. The lowest BCUT2D eigenvalue weighted by Crippen LogP contribution is -2.24. The molecule has 0 aliphatic carbocycles. The van der Waals surface area contributed by atoms with Crippen molar-refractivity contribution in [3.8, 4) is 11.1 Å². The maximum Gasteiger partial charge on any atom is 0.187 e. The molecule has 1 aliphatic rings. The van der Waals surface area contributed by atoms with Gasteiger partial charge in [-0.3, -0.25) is 0 Å². The molecule has 0 N–H and O–H groups in total. The van der Waals surface area contributed by atoms with Gasteiger partial charge in [-0.25, -0.2) is 9.97 Å². The molecule has 0 amide bonds. The Morgan fingerprint density at radius 1 is 1.15 bits per heavy atom. The Bertz CT molecular complexity index is 635. The summed E-state index contributed by atoms with van der Waals surface area (Å²) in [7, 11) is 2.16. The molecule has 0 saturated carbocycles. The first kappa shape index (κ1) is 13.4. The predicted molar refractivity (Wildman–Crippen MR) is 85.5 cm³/mol. The Kier molecular flexibility index (Phi) is 3.21. The summed E-state index contributed by atoms with van der Waals surface area (Å²) in [5.41, 5.74) is 5.22. The number of nitrogens with zero attached hydrogens (tertiary/aromatic N) is 3. The van der Waals surface area contributed by atoms with E-state index in [2.05, 4.69) is 54.0 Å². The van der Waals surface area contributed by atoms with Crippen molar-refractivity contribution in [2.24, 2.45) is 0 Å². The molecule has 1 aliphatic heterocycles. The summed E-state index contributed by atoms with van der Waals surface area (Å²) in [6.45, 7) is 5.66. The molecule has 3 rings (SSSR count). The molecule has 0 atom stereocenters. The van der Waals surface area contributed by atoms with E-state index >= 15 is 0 Å². The van der Waals surface area contributed by atoms with Crippen molar-refractivity contribution < 1.29 is 0 Å². The van der Waals surface area contributed by atoms with Crippen LogP contribution in [0.3, 0.4) is 0 Å². The minimum absolute atomic E-state index is 0.224.